The quantitative estimate of drug-likeness (QED) is 0.814. The fourth-order valence-electron chi connectivity index (χ4n) is 2.35. The Hall–Kier alpha value is -1.14. The number of carbonyl (C=O) groups is 1. The average Bonchev–Trinajstić information content (AvgIpc) is 2.45. The number of nitrogens with zero attached hydrogens (tertiary/aromatic N) is 1. The lowest BCUT2D eigenvalue weighted by atomic mass is 10.1. The third-order valence-electron chi connectivity index (χ3n) is 3.40. The number of hydrogen-bond donors (Lipinski definition) is 2. The zero-order chi connectivity index (χ0) is 14.5. The van der Waals surface area contributed by atoms with E-state index in [4.69, 9.17) is 18.0 Å². The summed E-state index contributed by atoms with van der Waals surface area (Å²) in [7, 11) is 0. The van der Waals surface area contributed by atoms with Crippen LogP contribution < -0.4 is 11.1 Å². The lowest BCUT2D eigenvalue weighted by Gasteiger charge is -2.27. The van der Waals surface area contributed by atoms with Crippen LogP contribution in [0.1, 0.15) is 24.8 Å². The Morgan fingerprint density at radius 3 is 2.70 bits per heavy atom. The van der Waals surface area contributed by atoms with Crippen LogP contribution in [0, 0.1) is 0 Å². The second kappa shape index (κ2) is 7.04. The number of nitrogens with two attached hydrogens (primary N) is 1. The van der Waals surface area contributed by atoms with Gasteiger partial charge in [0.25, 0.3) is 0 Å². The molecule has 1 amide bonds. The minimum Gasteiger partial charge on any atom is -0.389 e. The van der Waals surface area contributed by atoms with Gasteiger partial charge >= 0.3 is 0 Å². The first-order chi connectivity index (χ1) is 9.59. The Labute approximate surface area is 132 Å². The molecule has 0 aliphatic carbocycles. The van der Waals surface area contributed by atoms with Gasteiger partial charge in [0.1, 0.15) is 4.99 Å². The Bertz CT molecular complexity index is 515. The van der Waals surface area contributed by atoms with Crippen molar-refractivity contribution in [2.75, 3.05) is 25.0 Å². The van der Waals surface area contributed by atoms with E-state index >= 15 is 0 Å². The SMILES string of the molecule is NC(=S)c1c(Br)cccc1NCC(=O)N1CCCCC1. The topological polar surface area (TPSA) is 58.4 Å². The molecule has 0 saturated carbocycles. The first-order valence-corrected chi connectivity index (χ1v) is 7.89. The lowest BCUT2D eigenvalue weighted by molar-refractivity contribution is -0.130. The average molecular weight is 356 g/mol. The van der Waals surface area contributed by atoms with E-state index in [9.17, 15) is 4.79 Å². The molecule has 1 aromatic carbocycles. The predicted molar refractivity (Wildman–Crippen MR) is 89.0 cm³/mol. The third kappa shape index (κ3) is 3.70. The highest BCUT2D eigenvalue weighted by atomic mass is 79.9. The monoisotopic (exact) mass is 355 g/mol. The molecule has 20 heavy (non-hydrogen) atoms. The molecule has 6 heteroatoms. The van der Waals surface area contributed by atoms with Crippen LogP contribution in [0.15, 0.2) is 22.7 Å². The van der Waals surface area contributed by atoms with Crippen molar-refractivity contribution in [3.8, 4) is 0 Å². The summed E-state index contributed by atoms with van der Waals surface area (Å²) in [4.78, 5) is 14.3. The Morgan fingerprint density at radius 2 is 2.05 bits per heavy atom. The van der Waals surface area contributed by atoms with Crippen molar-refractivity contribution in [2.45, 2.75) is 19.3 Å². The van der Waals surface area contributed by atoms with Crippen molar-refractivity contribution in [1.29, 1.82) is 0 Å². The predicted octanol–water partition coefficient (Wildman–Crippen LogP) is 2.51. The molecule has 0 aromatic heterocycles. The zero-order valence-electron chi connectivity index (χ0n) is 11.2. The van der Waals surface area contributed by atoms with Crippen LogP contribution in [0.5, 0.6) is 0 Å². The normalized spacial score (nSPS) is 14.9. The minimum absolute atomic E-state index is 0.124. The number of nitrogens with one attached hydrogen (secondary N) is 1. The van der Waals surface area contributed by atoms with Crippen molar-refractivity contribution in [3.05, 3.63) is 28.2 Å². The molecule has 0 spiro atoms. The number of amides is 1. The summed E-state index contributed by atoms with van der Waals surface area (Å²) in [5, 5.41) is 3.14. The highest BCUT2D eigenvalue weighted by Gasteiger charge is 2.17. The molecular weight excluding hydrogens is 338 g/mol. The standard InChI is InChI=1S/C14H18BrN3OS/c15-10-5-4-6-11(13(10)14(16)20)17-9-12(19)18-7-2-1-3-8-18/h4-6,17H,1-3,7-9H2,(H2,16,20). The second-order valence-corrected chi connectivity index (χ2v) is 6.12. The Balaban J connectivity index is 2.02. The number of thiocarbonyl (C=S) groups is 1. The van der Waals surface area contributed by atoms with Crippen molar-refractivity contribution in [3.63, 3.8) is 0 Å². The Morgan fingerprint density at radius 1 is 1.35 bits per heavy atom. The number of benzene rings is 1. The number of hydrogen-bond acceptors (Lipinski definition) is 3. The maximum atomic E-state index is 12.1. The first kappa shape index (κ1) is 15.3. The highest BCUT2D eigenvalue weighted by Crippen LogP contribution is 2.24. The summed E-state index contributed by atoms with van der Waals surface area (Å²) in [5.74, 6) is 0.124. The van der Waals surface area contributed by atoms with Gasteiger partial charge in [-0.25, -0.2) is 0 Å². The van der Waals surface area contributed by atoms with Gasteiger partial charge in [0.15, 0.2) is 0 Å². The van der Waals surface area contributed by atoms with Crippen LogP contribution in [0.3, 0.4) is 0 Å². The summed E-state index contributed by atoms with van der Waals surface area (Å²) in [6.07, 6.45) is 3.41. The van der Waals surface area contributed by atoms with Crippen molar-refractivity contribution >= 4 is 44.7 Å². The zero-order valence-corrected chi connectivity index (χ0v) is 13.6. The van der Waals surface area contributed by atoms with Crippen molar-refractivity contribution < 1.29 is 4.79 Å². The van der Waals surface area contributed by atoms with Crippen LogP contribution in [0.25, 0.3) is 0 Å². The van der Waals surface area contributed by atoms with Gasteiger partial charge in [-0.1, -0.05) is 18.3 Å². The van der Waals surface area contributed by atoms with Gasteiger partial charge in [-0.15, -0.1) is 0 Å². The summed E-state index contributed by atoms with van der Waals surface area (Å²) >= 11 is 8.48. The van der Waals surface area contributed by atoms with Crippen LogP contribution in [-0.2, 0) is 4.79 Å². The summed E-state index contributed by atoms with van der Waals surface area (Å²) in [6.45, 7) is 1.99. The molecule has 108 valence electrons. The molecule has 3 N–H and O–H groups in total. The highest BCUT2D eigenvalue weighted by molar-refractivity contribution is 9.10. The molecule has 1 aromatic rings. The van der Waals surface area contributed by atoms with Gasteiger partial charge in [-0.3, -0.25) is 4.79 Å². The Kier molecular flexibility index (Phi) is 5.37. The van der Waals surface area contributed by atoms with Crippen LogP contribution in [0.4, 0.5) is 5.69 Å². The van der Waals surface area contributed by atoms with E-state index in [1.54, 1.807) is 0 Å². The van der Waals surface area contributed by atoms with E-state index in [2.05, 4.69) is 21.2 Å². The number of halogens is 1. The fraction of sp³-hybridized carbons (Fsp3) is 0.429. The smallest absolute Gasteiger partial charge is 0.241 e. The molecule has 1 saturated heterocycles. The summed E-state index contributed by atoms with van der Waals surface area (Å²) in [6, 6.07) is 5.65. The largest absolute Gasteiger partial charge is 0.389 e. The molecule has 0 unspecified atom stereocenters. The van der Waals surface area contributed by atoms with Crippen molar-refractivity contribution in [2.24, 2.45) is 5.73 Å². The molecule has 1 aliphatic heterocycles. The minimum atomic E-state index is 0.124. The van der Waals surface area contributed by atoms with Crippen LogP contribution in [-0.4, -0.2) is 35.4 Å². The molecule has 0 bridgehead atoms. The van der Waals surface area contributed by atoms with Gasteiger partial charge in [-0.2, -0.15) is 0 Å². The van der Waals surface area contributed by atoms with Gasteiger partial charge < -0.3 is 16.0 Å². The molecule has 4 nitrogen and oxygen atoms in total. The van der Waals surface area contributed by atoms with E-state index in [-0.39, 0.29) is 12.5 Å². The van der Waals surface area contributed by atoms with E-state index in [0.29, 0.717) is 4.99 Å². The molecule has 2 rings (SSSR count). The number of carbonyl (C=O) groups excluding carboxylic acids is 1. The third-order valence-corrected chi connectivity index (χ3v) is 4.26. The second-order valence-electron chi connectivity index (χ2n) is 4.82. The lowest BCUT2D eigenvalue weighted by Crippen LogP contribution is -2.39. The van der Waals surface area contributed by atoms with E-state index in [1.165, 1.54) is 6.42 Å². The van der Waals surface area contributed by atoms with Crippen LogP contribution >= 0.6 is 28.1 Å². The summed E-state index contributed by atoms with van der Waals surface area (Å²) in [5.41, 5.74) is 7.26. The molecular formula is C14H18BrN3OS. The number of anilines is 1. The molecule has 1 fully saturated rings. The van der Waals surface area contributed by atoms with Crippen molar-refractivity contribution in [1.82, 2.24) is 4.90 Å². The molecule has 0 radical (unpaired) electrons. The maximum Gasteiger partial charge on any atom is 0.241 e. The number of likely N-dealkylation sites (tertiary alicyclic amines) is 1. The van der Waals surface area contributed by atoms with E-state index in [1.807, 2.05) is 23.1 Å². The fourth-order valence-corrected chi connectivity index (χ4v) is 3.28. The molecule has 1 aliphatic rings. The number of rotatable bonds is 4. The summed E-state index contributed by atoms with van der Waals surface area (Å²) < 4.78 is 0.834. The maximum absolute atomic E-state index is 12.1. The van der Waals surface area contributed by atoms with Gasteiger partial charge in [0.2, 0.25) is 5.91 Å². The first-order valence-electron chi connectivity index (χ1n) is 6.69. The number of piperidine rings is 1. The molecule has 1 heterocycles. The van der Waals surface area contributed by atoms with Gasteiger partial charge in [0, 0.05) is 28.8 Å². The van der Waals surface area contributed by atoms with E-state index in [0.717, 1.165) is 41.7 Å². The van der Waals surface area contributed by atoms with Gasteiger partial charge in [0.05, 0.1) is 6.54 Å². The van der Waals surface area contributed by atoms with E-state index < -0.39 is 0 Å². The van der Waals surface area contributed by atoms with Gasteiger partial charge in [-0.05, 0) is 47.3 Å². The molecule has 0 atom stereocenters. The van der Waals surface area contributed by atoms with Crippen LogP contribution in [0.2, 0.25) is 0 Å².